The number of aryl methyl sites for hydroxylation is 1. The number of nitriles is 1. The van der Waals surface area contributed by atoms with Gasteiger partial charge in [-0.1, -0.05) is 0 Å². The Labute approximate surface area is 100 Å². The van der Waals surface area contributed by atoms with Gasteiger partial charge >= 0.3 is 0 Å². The zero-order chi connectivity index (χ0) is 12.1. The summed E-state index contributed by atoms with van der Waals surface area (Å²) in [5, 5.41) is 11.4. The maximum absolute atomic E-state index is 11.4. The van der Waals surface area contributed by atoms with Crippen molar-refractivity contribution in [3.8, 4) is 6.07 Å². The van der Waals surface area contributed by atoms with Crippen LogP contribution in [0.4, 0.5) is 0 Å². The lowest BCUT2D eigenvalue weighted by molar-refractivity contribution is -0.123. The number of carbonyl (C=O) groups excluding carboxylic acids is 1. The molecule has 1 rings (SSSR count). The molecule has 0 radical (unpaired) electrons. The van der Waals surface area contributed by atoms with Gasteiger partial charge in [-0.25, -0.2) is 0 Å². The number of carbonyl (C=O) groups is 1. The zero-order valence-corrected chi connectivity index (χ0v) is 10.6. The second kappa shape index (κ2) is 5.66. The second-order valence-corrected chi connectivity index (χ2v) is 5.35. The monoisotopic (exact) mass is 236 g/mol. The fourth-order valence-corrected chi connectivity index (χ4v) is 2.39. The molecule has 1 aromatic heterocycles. The molecule has 1 heterocycles. The van der Waals surface area contributed by atoms with Crippen LogP contribution in [-0.4, -0.2) is 11.9 Å². The van der Waals surface area contributed by atoms with Crippen LogP contribution < -0.4 is 5.32 Å². The van der Waals surface area contributed by atoms with Crippen molar-refractivity contribution in [3.63, 3.8) is 0 Å². The summed E-state index contributed by atoms with van der Waals surface area (Å²) in [4.78, 5) is 14.0. The summed E-state index contributed by atoms with van der Waals surface area (Å²) < 4.78 is 0. The van der Waals surface area contributed by atoms with Crippen molar-refractivity contribution in [2.75, 3.05) is 0 Å². The molecule has 0 saturated carbocycles. The van der Waals surface area contributed by atoms with E-state index >= 15 is 0 Å². The molecule has 0 aliphatic heterocycles. The zero-order valence-electron chi connectivity index (χ0n) is 9.78. The minimum Gasteiger partial charge on any atom is -0.352 e. The van der Waals surface area contributed by atoms with E-state index in [-0.39, 0.29) is 11.9 Å². The Hall–Kier alpha value is -1.34. The summed E-state index contributed by atoms with van der Waals surface area (Å²) in [6, 6.07) is 6.15. The molecule has 0 bridgehead atoms. The lowest BCUT2D eigenvalue weighted by Gasteiger charge is -2.13. The van der Waals surface area contributed by atoms with Crippen molar-refractivity contribution in [1.29, 1.82) is 5.26 Å². The Morgan fingerprint density at radius 2 is 2.25 bits per heavy atom. The molecular weight excluding hydrogens is 220 g/mol. The van der Waals surface area contributed by atoms with Crippen LogP contribution in [-0.2, 0) is 11.2 Å². The van der Waals surface area contributed by atoms with Crippen LogP contribution in [0.5, 0.6) is 0 Å². The van der Waals surface area contributed by atoms with E-state index in [1.54, 1.807) is 18.3 Å². The molecule has 1 N–H and O–H groups in total. The van der Waals surface area contributed by atoms with Crippen LogP contribution >= 0.6 is 11.3 Å². The van der Waals surface area contributed by atoms with Gasteiger partial charge in [-0.05, 0) is 32.9 Å². The highest BCUT2D eigenvalue weighted by atomic mass is 32.1. The van der Waals surface area contributed by atoms with Crippen molar-refractivity contribution >= 4 is 17.2 Å². The number of hydrogen-bond acceptors (Lipinski definition) is 3. The molecule has 3 nitrogen and oxygen atoms in total. The van der Waals surface area contributed by atoms with Crippen LogP contribution in [0.25, 0.3) is 0 Å². The third kappa shape index (κ3) is 3.67. The predicted octanol–water partition coefficient (Wildman–Crippen LogP) is 2.26. The standard InChI is InChI=1S/C12H16N2OS/c1-8(7-13)12(15)14-9(2)6-11-5-4-10(3)16-11/h4-5,8-9H,6H2,1-3H3,(H,14,15). The summed E-state index contributed by atoms with van der Waals surface area (Å²) in [5.41, 5.74) is 0. The Morgan fingerprint density at radius 1 is 1.56 bits per heavy atom. The predicted molar refractivity (Wildman–Crippen MR) is 65.1 cm³/mol. The molecule has 0 aromatic carbocycles. The average Bonchev–Trinajstić information content (AvgIpc) is 2.62. The Balaban J connectivity index is 2.45. The third-order valence-corrected chi connectivity index (χ3v) is 3.30. The molecule has 0 aliphatic carbocycles. The van der Waals surface area contributed by atoms with Crippen molar-refractivity contribution < 1.29 is 4.79 Å². The van der Waals surface area contributed by atoms with Gasteiger partial charge < -0.3 is 5.32 Å². The molecule has 0 saturated heterocycles. The van der Waals surface area contributed by atoms with Gasteiger partial charge in [0.25, 0.3) is 0 Å². The van der Waals surface area contributed by atoms with Gasteiger partial charge in [0.15, 0.2) is 0 Å². The molecule has 16 heavy (non-hydrogen) atoms. The maximum atomic E-state index is 11.4. The molecule has 0 spiro atoms. The Bertz CT molecular complexity index is 405. The van der Waals surface area contributed by atoms with Gasteiger partial charge in [0.05, 0.1) is 6.07 Å². The number of thiophene rings is 1. The lowest BCUT2D eigenvalue weighted by atomic mass is 10.1. The van der Waals surface area contributed by atoms with Gasteiger partial charge in [0.2, 0.25) is 5.91 Å². The van der Waals surface area contributed by atoms with Crippen LogP contribution in [0.3, 0.4) is 0 Å². The number of amides is 1. The first kappa shape index (κ1) is 12.7. The summed E-state index contributed by atoms with van der Waals surface area (Å²) in [7, 11) is 0. The first-order valence-electron chi connectivity index (χ1n) is 5.28. The Morgan fingerprint density at radius 3 is 2.75 bits per heavy atom. The highest BCUT2D eigenvalue weighted by molar-refractivity contribution is 7.11. The SMILES string of the molecule is Cc1ccc(CC(C)NC(=O)C(C)C#N)s1. The molecular formula is C12H16N2OS. The van der Waals surface area contributed by atoms with Gasteiger partial charge in [0.1, 0.15) is 5.92 Å². The van der Waals surface area contributed by atoms with Gasteiger partial charge in [-0.3, -0.25) is 4.79 Å². The van der Waals surface area contributed by atoms with Crippen LogP contribution in [0, 0.1) is 24.2 Å². The third-order valence-electron chi connectivity index (χ3n) is 2.28. The largest absolute Gasteiger partial charge is 0.352 e. The minimum atomic E-state index is -0.576. The number of nitrogens with one attached hydrogen (secondary N) is 1. The first-order chi connectivity index (χ1) is 7.52. The highest BCUT2D eigenvalue weighted by Crippen LogP contribution is 2.16. The highest BCUT2D eigenvalue weighted by Gasteiger charge is 2.14. The second-order valence-electron chi connectivity index (χ2n) is 3.98. The fraction of sp³-hybridized carbons (Fsp3) is 0.500. The quantitative estimate of drug-likeness (QED) is 0.871. The molecule has 2 unspecified atom stereocenters. The number of nitrogens with zero attached hydrogens (tertiary/aromatic N) is 1. The van der Waals surface area contributed by atoms with Crippen LogP contribution in [0.15, 0.2) is 12.1 Å². The summed E-state index contributed by atoms with van der Waals surface area (Å²) in [5.74, 6) is -0.768. The molecule has 0 aliphatic rings. The topological polar surface area (TPSA) is 52.9 Å². The summed E-state index contributed by atoms with van der Waals surface area (Å²) in [6.07, 6.45) is 0.822. The molecule has 0 fully saturated rings. The van der Waals surface area contributed by atoms with E-state index in [4.69, 9.17) is 5.26 Å². The minimum absolute atomic E-state index is 0.0707. The molecule has 1 amide bonds. The Kier molecular flexibility index (Phi) is 4.51. The van der Waals surface area contributed by atoms with Crippen molar-refractivity contribution in [1.82, 2.24) is 5.32 Å². The van der Waals surface area contributed by atoms with E-state index in [0.29, 0.717) is 0 Å². The summed E-state index contributed by atoms with van der Waals surface area (Å²) >= 11 is 1.74. The molecule has 2 atom stereocenters. The van der Waals surface area contributed by atoms with E-state index in [1.807, 2.05) is 13.0 Å². The summed E-state index contributed by atoms with van der Waals surface area (Å²) in [6.45, 7) is 5.63. The van der Waals surface area contributed by atoms with Crippen molar-refractivity contribution in [2.45, 2.75) is 33.2 Å². The van der Waals surface area contributed by atoms with E-state index in [9.17, 15) is 4.79 Å². The maximum Gasteiger partial charge on any atom is 0.237 e. The molecule has 4 heteroatoms. The lowest BCUT2D eigenvalue weighted by Crippen LogP contribution is -2.37. The fourth-order valence-electron chi connectivity index (χ4n) is 1.37. The van der Waals surface area contributed by atoms with Gasteiger partial charge in [-0.2, -0.15) is 5.26 Å². The van der Waals surface area contributed by atoms with E-state index < -0.39 is 5.92 Å². The van der Waals surface area contributed by atoms with E-state index in [2.05, 4.69) is 24.4 Å². The first-order valence-corrected chi connectivity index (χ1v) is 6.10. The van der Waals surface area contributed by atoms with Crippen molar-refractivity contribution in [3.05, 3.63) is 21.9 Å². The normalized spacial score (nSPS) is 13.9. The van der Waals surface area contributed by atoms with Crippen molar-refractivity contribution in [2.24, 2.45) is 5.92 Å². The smallest absolute Gasteiger partial charge is 0.237 e. The van der Waals surface area contributed by atoms with E-state index in [0.717, 1.165) is 6.42 Å². The van der Waals surface area contributed by atoms with Crippen LogP contribution in [0.1, 0.15) is 23.6 Å². The van der Waals surface area contributed by atoms with Gasteiger partial charge in [0, 0.05) is 22.2 Å². The van der Waals surface area contributed by atoms with Crippen LogP contribution in [0.2, 0.25) is 0 Å². The van der Waals surface area contributed by atoms with E-state index in [1.165, 1.54) is 9.75 Å². The molecule has 86 valence electrons. The van der Waals surface area contributed by atoms with Gasteiger partial charge in [-0.15, -0.1) is 11.3 Å². The molecule has 1 aromatic rings. The number of rotatable bonds is 4. The number of hydrogen-bond donors (Lipinski definition) is 1. The average molecular weight is 236 g/mol.